The highest BCUT2D eigenvalue weighted by atomic mass is 35.5. The molecule has 1 amide bonds. The molecular formula is C11H16Cl2N2O. The van der Waals surface area contributed by atoms with Crippen molar-refractivity contribution in [1.29, 1.82) is 0 Å². The Morgan fingerprint density at radius 2 is 2.25 bits per heavy atom. The Hall–Kier alpha value is -0.770. The number of amides is 1. The van der Waals surface area contributed by atoms with Gasteiger partial charge in [-0.05, 0) is 31.0 Å². The van der Waals surface area contributed by atoms with Crippen LogP contribution in [0.25, 0.3) is 0 Å². The zero-order valence-electron chi connectivity index (χ0n) is 9.07. The maximum atomic E-state index is 11.1. The van der Waals surface area contributed by atoms with E-state index in [0.29, 0.717) is 11.6 Å². The molecule has 0 aliphatic carbocycles. The fraction of sp³-hybridized carbons (Fsp3) is 0.364. The number of hydrogen-bond acceptors (Lipinski definition) is 2. The predicted octanol–water partition coefficient (Wildman–Crippen LogP) is 1.77. The first-order chi connectivity index (χ1) is 7.09. The molecule has 0 fully saturated rings. The smallest absolute Gasteiger partial charge is 0.236 e. The first kappa shape index (κ1) is 15.2. The molecule has 0 radical (unpaired) electrons. The lowest BCUT2D eigenvalue weighted by molar-refractivity contribution is -0.121. The van der Waals surface area contributed by atoms with Crippen LogP contribution in [-0.4, -0.2) is 18.5 Å². The summed E-state index contributed by atoms with van der Waals surface area (Å²) in [7, 11) is 0. The minimum absolute atomic E-state index is 0. The number of nitrogens with one attached hydrogen (secondary N) is 1. The monoisotopic (exact) mass is 262 g/mol. The van der Waals surface area contributed by atoms with Crippen molar-refractivity contribution in [2.75, 3.05) is 6.54 Å². The topological polar surface area (TPSA) is 55.1 Å². The molecule has 0 unspecified atom stereocenters. The third kappa shape index (κ3) is 5.35. The minimum Gasteiger partial charge on any atom is -0.354 e. The Morgan fingerprint density at radius 3 is 2.81 bits per heavy atom. The van der Waals surface area contributed by atoms with Crippen molar-refractivity contribution < 1.29 is 4.79 Å². The third-order valence-corrected chi connectivity index (χ3v) is 2.25. The molecule has 90 valence electrons. The summed E-state index contributed by atoms with van der Waals surface area (Å²) in [5.74, 6) is -0.128. The first-order valence-electron chi connectivity index (χ1n) is 4.87. The fourth-order valence-corrected chi connectivity index (χ4v) is 1.40. The zero-order chi connectivity index (χ0) is 11.3. The van der Waals surface area contributed by atoms with E-state index in [1.54, 1.807) is 6.92 Å². The van der Waals surface area contributed by atoms with Crippen LogP contribution in [0.3, 0.4) is 0 Å². The Morgan fingerprint density at radius 1 is 1.56 bits per heavy atom. The molecule has 0 heterocycles. The minimum atomic E-state index is -0.454. The van der Waals surface area contributed by atoms with Gasteiger partial charge in [-0.3, -0.25) is 4.79 Å². The highest BCUT2D eigenvalue weighted by molar-refractivity contribution is 6.30. The van der Waals surface area contributed by atoms with Crippen LogP contribution in [0, 0.1) is 0 Å². The van der Waals surface area contributed by atoms with E-state index in [4.69, 9.17) is 17.3 Å². The number of carbonyl (C=O) groups excluding carboxylic acids is 1. The SMILES string of the molecule is C[C@@H](N)C(=O)NCCc1cccc(Cl)c1.Cl. The van der Waals surface area contributed by atoms with Crippen molar-refractivity contribution in [3.05, 3.63) is 34.9 Å². The predicted molar refractivity (Wildman–Crippen MR) is 69.1 cm³/mol. The summed E-state index contributed by atoms with van der Waals surface area (Å²) < 4.78 is 0. The summed E-state index contributed by atoms with van der Waals surface area (Å²) in [6, 6.07) is 7.13. The molecule has 0 aromatic heterocycles. The molecular weight excluding hydrogens is 247 g/mol. The lowest BCUT2D eigenvalue weighted by Gasteiger charge is -2.07. The lowest BCUT2D eigenvalue weighted by atomic mass is 10.1. The molecule has 0 spiro atoms. The summed E-state index contributed by atoms with van der Waals surface area (Å²) in [4.78, 5) is 11.1. The summed E-state index contributed by atoms with van der Waals surface area (Å²) in [5.41, 5.74) is 6.51. The van der Waals surface area contributed by atoms with E-state index < -0.39 is 6.04 Å². The van der Waals surface area contributed by atoms with Crippen LogP contribution in [0.2, 0.25) is 5.02 Å². The molecule has 3 N–H and O–H groups in total. The van der Waals surface area contributed by atoms with Gasteiger partial charge in [-0.25, -0.2) is 0 Å². The van der Waals surface area contributed by atoms with E-state index in [2.05, 4.69) is 5.32 Å². The van der Waals surface area contributed by atoms with Crippen molar-refractivity contribution in [1.82, 2.24) is 5.32 Å². The van der Waals surface area contributed by atoms with Gasteiger partial charge in [0.15, 0.2) is 0 Å². The van der Waals surface area contributed by atoms with Gasteiger partial charge in [-0.2, -0.15) is 0 Å². The van der Waals surface area contributed by atoms with Crippen molar-refractivity contribution in [2.24, 2.45) is 5.73 Å². The molecule has 1 aromatic carbocycles. The molecule has 1 rings (SSSR count). The first-order valence-corrected chi connectivity index (χ1v) is 5.25. The molecule has 0 saturated carbocycles. The highest BCUT2D eigenvalue weighted by Gasteiger charge is 2.05. The van der Waals surface area contributed by atoms with Crippen molar-refractivity contribution in [2.45, 2.75) is 19.4 Å². The van der Waals surface area contributed by atoms with Gasteiger partial charge in [0.05, 0.1) is 6.04 Å². The molecule has 16 heavy (non-hydrogen) atoms. The second-order valence-corrected chi connectivity index (χ2v) is 3.90. The quantitative estimate of drug-likeness (QED) is 0.869. The average Bonchev–Trinajstić information content (AvgIpc) is 2.17. The maximum absolute atomic E-state index is 11.1. The number of hydrogen-bond donors (Lipinski definition) is 2. The van der Waals surface area contributed by atoms with Gasteiger partial charge in [-0.15, -0.1) is 12.4 Å². The van der Waals surface area contributed by atoms with E-state index in [0.717, 1.165) is 12.0 Å². The highest BCUT2D eigenvalue weighted by Crippen LogP contribution is 2.10. The van der Waals surface area contributed by atoms with E-state index in [1.165, 1.54) is 0 Å². The molecule has 0 aliphatic rings. The summed E-state index contributed by atoms with van der Waals surface area (Å²) in [6.45, 7) is 2.25. The molecule has 1 aromatic rings. The van der Waals surface area contributed by atoms with Gasteiger partial charge in [0.2, 0.25) is 5.91 Å². The second kappa shape index (κ2) is 7.49. The van der Waals surface area contributed by atoms with Crippen molar-refractivity contribution in [3.63, 3.8) is 0 Å². The summed E-state index contributed by atoms with van der Waals surface area (Å²) in [5, 5.41) is 3.46. The van der Waals surface area contributed by atoms with Gasteiger partial charge in [0.1, 0.15) is 0 Å². The van der Waals surface area contributed by atoms with Gasteiger partial charge in [0.25, 0.3) is 0 Å². The number of carbonyl (C=O) groups is 1. The summed E-state index contributed by atoms with van der Waals surface area (Å²) >= 11 is 5.83. The molecule has 0 aliphatic heterocycles. The number of nitrogens with two attached hydrogens (primary N) is 1. The largest absolute Gasteiger partial charge is 0.354 e. The molecule has 5 heteroatoms. The Labute approximate surface area is 107 Å². The van der Waals surface area contributed by atoms with Crippen LogP contribution in [0.5, 0.6) is 0 Å². The standard InChI is InChI=1S/C11H15ClN2O.ClH/c1-8(13)11(15)14-6-5-9-3-2-4-10(12)7-9;/h2-4,7-8H,5-6,13H2,1H3,(H,14,15);1H/t8-;/m1./s1. The Balaban J connectivity index is 0.00000225. The normalized spacial score (nSPS) is 11.4. The van der Waals surface area contributed by atoms with Gasteiger partial charge in [-0.1, -0.05) is 23.7 Å². The van der Waals surface area contributed by atoms with Crippen LogP contribution in [0.1, 0.15) is 12.5 Å². The maximum Gasteiger partial charge on any atom is 0.236 e. The van der Waals surface area contributed by atoms with Crippen molar-refractivity contribution in [3.8, 4) is 0 Å². The average molecular weight is 263 g/mol. The summed E-state index contributed by atoms with van der Waals surface area (Å²) in [6.07, 6.45) is 0.763. The van der Waals surface area contributed by atoms with Crippen LogP contribution in [0.15, 0.2) is 24.3 Å². The van der Waals surface area contributed by atoms with E-state index >= 15 is 0 Å². The lowest BCUT2D eigenvalue weighted by Crippen LogP contribution is -2.39. The molecule has 0 saturated heterocycles. The third-order valence-electron chi connectivity index (χ3n) is 2.02. The second-order valence-electron chi connectivity index (χ2n) is 3.46. The van der Waals surface area contributed by atoms with Crippen LogP contribution in [0.4, 0.5) is 0 Å². The van der Waals surface area contributed by atoms with Crippen LogP contribution < -0.4 is 11.1 Å². The number of rotatable bonds is 4. The molecule has 0 bridgehead atoms. The Kier molecular flexibility index (Phi) is 7.13. The van der Waals surface area contributed by atoms with E-state index in [1.807, 2.05) is 24.3 Å². The van der Waals surface area contributed by atoms with E-state index in [-0.39, 0.29) is 18.3 Å². The van der Waals surface area contributed by atoms with Crippen LogP contribution in [-0.2, 0) is 11.2 Å². The van der Waals surface area contributed by atoms with Gasteiger partial charge < -0.3 is 11.1 Å². The van der Waals surface area contributed by atoms with Crippen LogP contribution >= 0.6 is 24.0 Å². The van der Waals surface area contributed by atoms with E-state index in [9.17, 15) is 4.79 Å². The number of benzene rings is 1. The zero-order valence-corrected chi connectivity index (χ0v) is 10.6. The molecule has 3 nitrogen and oxygen atoms in total. The number of halogens is 2. The Bertz CT molecular complexity index is 343. The fourth-order valence-electron chi connectivity index (χ4n) is 1.18. The van der Waals surface area contributed by atoms with Gasteiger partial charge in [0, 0.05) is 11.6 Å². The van der Waals surface area contributed by atoms with Gasteiger partial charge >= 0.3 is 0 Å². The van der Waals surface area contributed by atoms with Crippen molar-refractivity contribution >= 4 is 29.9 Å². The molecule has 1 atom stereocenters.